The molecule has 32 heavy (non-hydrogen) atoms. The zero-order chi connectivity index (χ0) is 22.9. The van der Waals surface area contributed by atoms with E-state index in [-0.39, 0.29) is 22.6 Å². The number of nitrogens with one attached hydrogen (secondary N) is 1. The van der Waals surface area contributed by atoms with E-state index in [2.05, 4.69) is 5.32 Å². The molecule has 1 N–H and O–H groups in total. The second-order valence-corrected chi connectivity index (χ2v) is 10.6. The summed E-state index contributed by atoms with van der Waals surface area (Å²) in [5.74, 6) is -0.253. The Labute approximate surface area is 189 Å². The molecule has 2 saturated heterocycles. The lowest BCUT2D eigenvalue weighted by molar-refractivity contribution is -0.121. The monoisotopic (exact) mass is 455 g/mol. The summed E-state index contributed by atoms with van der Waals surface area (Å²) in [4.78, 5) is 27.0. The first-order valence-electron chi connectivity index (χ1n) is 11.0. The molecule has 8 heteroatoms. The fourth-order valence-electron chi connectivity index (χ4n) is 4.34. The summed E-state index contributed by atoms with van der Waals surface area (Å²) in [6.45, 7) is 5.20. The molecule has 2 fully saturated rings. The SMILES string of the molecule is Cc1ccc(S(=O)(=O)N2CCC(C(=O)Nc3ccc(C)c(N4CCCC4=O)c3)CC2)cc1. The first-order valence-corrected chi connectivity index (χ1v) is 12.5. The highest BCUT2D eigenvalue weighted by molar-refractivity contribution is 7.89. The second-order valence-electron chi connectivity index (χ2n) is 8.63. The van der Waals surface area contributed by atoms with E-state index in [0.29, 0.717) is 44.6 Å². The number of carbonyl (C=O) groups is 2. The third-order valence-electron chi connectivity index (χ3n) is 6.32. The predicted octanol–water partition coefficient (Wildman–Crippen LogP) is 3.47. The van der Waals surface area contributed by atoms with Gasteiger partial charge in [-0.25, -0.2) is 8.42 Å². The Kier molecular flexibility index (Phi) is 6.35. The maximum absolute atomic E-state index is 12.9. The van der Waals surface area contributed by atoms with Crippen LogP contribution in [0.25, 0.3) is 0 Å². The summed E-state index contributed by atoms with van der Waals surface area (Å²) in [6, 6.07) is 12.4. The average molecular weight is 456 g/mol. The number of benzene rings is 2. The Hall–Kier alpha value is -2.71. The van der Waals surface area contributed by atoms with Crippen LogP contribution in [0.2, 0.25) is 0 Å². The van der Waals surface area contributed by atoms with Gasteiger partial charge in [-0.3, -0.25) is 9.59 Å². The number of hydrogen-bond acceptors (Lipinski definition) is 4. The van der Waals surface area contributed by atoms with Crippen molar-refractivity contribution >= 4 is 33.2 Å². The Bertz CT molecular complexity index is 1120. The molecule has 2 heterocycles. The van der Waals surface area contributed by atoms with E-state index < -0.39 is 10.0 Å². The van der Waals surface area contributed by atoms with Crippen molar-refractivity contribution in [3.8, 4) is 0 Å². The topological polar surface area (TPSA) is 86.8 Å². The van der Waals surface area contributed by atoms with Crippen LogP contribution in [0.3, 0.4) is 0 Å². The van der Waals surface area contributed by atoms with E-state index in [4.69, 9.17) is 0 Å². The molecule has 0 atom stereocenters. The van der Waals surface area contributed by atoms with E-state index in [1.54, 1.807) is 29.2 Å². The van der Waals surface area contributed by atoms with Crippen LogP contribution in [0.1, 0.15) is 36.8 Å². The van der Waals surface area contributed by atoms with Crippen molar-refractivity contribution < 1.29 is 18.0 Å². The Morgan fingerprint density at radius 2 is 1.69 bits per heavy atom. The van der Waals surface area contributed by atoms with Gasteiger partial charge in [-0.2, -0.15) is 4.31 Å². The molecule has 7 nitrogen and oxygen atoms in total. The number of aryl methyl sites for hydroxylation is 2. The molecule has 0 saturated carbocycles. The van der Waals surface area contributed by atoms with E-state index in [9.17, 15) is 18.0 Å². The van der Waals surface area contributed by atoms with Gasteiger partial charge in [0, 0.05) is 43.3 Å². The molecular formula is C24H29N3O4S. The van der Waals surface area contributed by atoms with Crippen molar-refractivity contribution in [1.82, 2.24) is 4.31 Å². The highest BCUT2D eigenvalue weighted by atomic mass is 32.2. The van der Waals surface area contributed by atoms with E-state index >= 15 is 0 Å². The summed E-state index contributed by atoms with van der Waals surface area (Å²) in [6.07, 6.45) is 2.35. The molecule has 0 bridgehead atoms. The van der Waals surface area contributed by atoms with Gasteiger partial charge in [0.25, 0.3) is 0 Å². The van der Waals surface area contributed by atoms with Crippen LogP contribution in [-0.2, 0) is 19.6 Å². The zero-order valence-corrected chi connectivity index (χ0v) is 19.3. The summed E-state index contributed by atoms with van der Waals surface area (Å²) in [5, 5.41) is 2.96. The van der Waals surface area contributed by atoms with Gasteiger partial charge in [0.1, 0.15) is 0 Å². The lowest BCUT2D eigenvalue weighted by Gasteiger charge is -2.30. The number of nitrogens with zero attached hydrogens (tertiary/aromatic N) is 2. The molecule has 2 aromatic carbocycles. The van der Waals surface area contributed by atoms with Crippen molar-refractivity contribution in [2.24, 2.45) is 5.92 Å². The van der Waals surface area contributed by atoms with Crippen LogP contribution in [0.15, 0.2) is 47.4 Å². The van der Waals surface area contributed by atoms with E-state index in [0.717, 1.165) is 23.2 Å². The molecule has 4 rings (SSSR count). The lowest BCUT2D eigenvalue weighted by Crippen LogP contribution is -2.41. The third kappa shape index (κ3) is 4.56. The molecule has 2 aliphatic heterocycles. The maximum atomic E-state index is 12.9. The molecule has 0 aromatic heterocycles. The molecule has 170 valence electrons. The second kappa shape index (κ2) is 9.03. The smallest absolute Gasteiger partial charge is 0.243 e. The minimum absolute atomic E-state index is 0.110. The molecule has 0 aliphatic carbocycles. The molecule has 2 amide bonds. The lowest BCUT2D eigenvalue weighted by atomic mass is 9.97. The van der Waals surface area contributed by atoms with Crippen LogP contribution in [0.5, 0.6) is 0 Å². The van der Waals surface area contributed by atoms with Crippen LogP contribution in [0.4, 0.5) is 11.4 Å². The Morgan fingerprint density at radius 1 is 1.00 bits per heavy atom. The van der Waals surface area contributed by atoms with Crippen LogP contribution in [-0.4, -0.2) is 44.2 Å². The minimum atomic E-state index is -3.55. The van der Waals surface area contributed by atoms with Crippen LogP contribution >= 0.6 is 0 Å². The number of hydrogen-bond donors (Lipinski definition) is 1. The molecule has 0 unspecified atom stereocenters. The van der Waals surface area contributed by atoms with Crippen molar-refractivity contribution in [2.45, 2.75) is 44.4 Å². The average Bonchev–Trinajstić information content (AvgIpc) is 3.21. The minimum Gasteiger partial charge on any atom is -0.326 e. The van der Waals surface area contributed by atoms with Crippen molar-refractivity contribution in [3.05, 3.63) is 53.6 Å². The zero-order valence-electron chi connectivity index (χ0n) is 18.5. The molecule has 2 aliphatic rings. The van der Waals surface area contributed by atoms with Gasteiger partial charge in [0.05, 0.1) is 4.90 Å². The van der Waals surface area contributed by atoms with Gasteiger partial charge in [0.2, 0.25) is 21.8 Å². The summed E-state index contributed by atoms with van der Waals surface area (Å²) >= 11 is 0. The fourth-order valence-corrected chi connectivity index (χ4v) is 5.81. The summed E-state index contributed by atoms with van der Waals surface area (Å²) < 4.78 is 27.2. The van der Waals surface area contributed by atoms with Gasteiger partial charge < -0.3 is 10.2 Å². The van der Waals surface area contributed by atoms with Crippen LogP contribution < -0.4 is 10.2 Å². The molecule has 2 aromatic rings. The largest absolute Gasteiger partial charge is 0.326 e. The van der Waals surface area contributed by atoms with E-state index in [1.165, 1.54) is 4.31 Å². The summed E-state index contributed by atoms with van der Waals surface area (Å²) in [7, 11) is -3.55. The molecule has 0 radical (unpaired) electrons. The van der Waals surface area contributed by atoms with Crippen LogP contribution in [0, 0.1) is 19.8 Å². The quantitative estimate of drug-likeness (QED) is 0.748. The highest BCUT2D eigenvalue weighted by Gasteiger charge is 2.32. The normalized spacial score (nSPS) is 18.2. The first kappa shape index (κ1) is 22.5. The number of rotatable bonds is 5. The van der Waals surface area contributed by atoms with Gasteiger partial charge in [-0.15, -0.1) is 0 Å². The Morgan fingerprint density at radius 3 is 2.31 bits per heavy atom. The number of sulfonamides is 1. The molecule has 0 spiro atoms. The first-order chi connectivity index (χ1) is 15.3. The van der Waals surface area contributed by atoms with Crippen molar-refractivity contribution in [1.29, 1.82) is 0 Å². The van der Waals surface area contributed by atoms with Gasteiger partial charge in [-0.05, 0) is 62.9 Å². The number of anilines is 2. The third-order valence-corrected chi connectivity index (χ3v) is 8.24. The van der Waals surface area contributed by atoms with Crippen molar-refractivity contribution in [3.63, 3.8) is 0 Å². The highest BCUT2D eigenvalue weighted by Crippen LogP contribution is 2.29. The fraction of sp³-hybridized carbons (Fsp3) is 0.417. The number of piperidine rings is 1. The standard InChI is InChI=1S/C24H29N3O4S/c1-17-5-9-21(10-6-17)32(30,31)26-14-11-19(12-15-26)24(29)25-20-8-7-18(2)22(16-20)27-13-3-4-23(27)28/h5-10,16,19H,3-4,11-15H2,1-2H3,(H,25,29). The van der Waals surface area contributed by atoms with Gasteiger partial charge >= 0.3 is 0 Å². The Balaban J connectivity index is 1.39. The van der Waals surface area contributed by atoms with Gasteiger partial charge in [-0.1, -0.05) is 23.8 Å². The maximum Gasteiger partial charge on any atom is 0.243 e. The number of carbonyl (C=O) groups excluding carboxylic acids is 2. The summed E-state index contributed by atoms with van der Waals surface area (Å²) in [5.41, 5.74) is 3.50. The molecular weight excluding hydrogens is 426 g/mol. The number of amides is 2. The van der Waals surface area contributed by atoms with Gasteiger partial charge in [0.15, 0.2) is 0 Å². The van der Waals surface area contributed by atoms with E-state index in [1.807, 2.05) is 32.0 Å². The van der Waals surface area contributed by atoms with Crippen molar-refractivity contribution in [2.75, 3.05) is 29.9 Å². The predicted molar refractivity (Wildman–Crippen MR) is 124 cm³/mol.